The number of halogens is 1. The Hall–Kier alpha value is -1.77. The van der Waals surface area contributed by atoms with Gasteiger partial charge in [0.05, 0.1) is 7.11 Å². The maximum Gasteiger partial charge on any atom is 0.119 e. The van der Waals surface area contributed by atoms with Gasteiger partial charge < -0.3 is 4.74 Å². The van der Waals surface area contributed by atoms with Gasteiger partial charge in [0.1, 0.15) is 5.75 Å². The minimum atomic E-state index is 0. The fourth-order valence-electron chi connectivity index (χ4n) is 2.24. The quantitative estimate of drug-likeness (QED) is 0.768. The smallest absolute Gasteiger partial charge is 0.119 e. The Bertz CT molecular complexity index is 595. The topological polar surface area (TPSA) is 12.5 Å². The molecule has 0 bridgehead atoms. The first kappa shape index (κ1) is 18.3. The number of hydrogen-bond donors (Lipinski definition) is 0. The van der Waals surface area contributed by atoms with Gasteiger partial charge in [-0.05, 0) is 42.8 Å². The molecule has 22 heavy (non-hydrogen) atoms. The van der Waals surface area contributed by atoms with Crippen molar-refractivity contribution in [1.82, 2.24) is 4.90 Å². The fraction of sp³-hybridized carbons (Fsp3) is 0.263. The largest absolute Gasteiger partial charge is 0.497 e. The van der Waals surface area contributed by atoms with Crippen LogP contribution in [-0.2, 0) is 6.54 Å². The summed E-state index contributed by atoms with van der Waals surface area (Å²) in [5.41, 5.74) is 3.82. The zero-order chi connectivity index (χ0) is 15.1. The standard InChI is InChI=1S/C19H23NO.ClH/c1-16(18-10-7-11-19(14-18)21-3)12-13-20(2)15-17-8-5-4-6-9-17;/h4-12,14H,13,15H2,1-3H3;1H/b16-12+;. The van der Waals surface area contributed by atoms with Crippen LogP contribution in [0.3, 0.4) is 0 Å². The van der Waals surface area contributed by atoms with E-state index in [0.29, 0.717) is 0 Å². The number of hydrogen-bond acceptors (Lipinski definition) is 2. The molecule has 0 unspecified atom stereocenters. The lowest BCUT2D eigenvalue weighted by atomic mass is 10.1. The molecule has 0 aliphatic heterocycles. The first-order valence-corrected chi connectivity index (χ1v) is 7.22. The van der Waals surface area contributed by atoms with E-state index in [9.17, 15) is 0 Å². The Kier molecular flexibility index (Phi) is 7.72. The van der Waals surface area contributed by atoms with Crippen molar-refractivity contribution in [1.29, 1.82) is 0 Å². The third kappa shape index (κ3) is 5.55. The minimum Gasteiger partial charge on any atom is -0.497 e. The second-order valence-electron chi connectivity index (χ2n) is 5.30. The van der Waals surface area contributed by atoms with Crippen LogP contribution in [0.1, 0.15) is 18.1 Å². The predicted molar refractivity (Wildman–Crippen MR) is 96.7 cm³/mol. The second-order valence-corrected chi connectivity index (χ2v) is 5.30. The van der Waals surface area contributed by atoms with E-state index in [1.54, 1.807) is 7.11 Å². The van der Waals surface area contributed by atoms with E-state index in [-0.39, 0.29) is 12.4 Å². The number of ether oxygens (including phenoxy) is 1. The zero-order valence-corrected chi connectivity index (χ0v) is 14.3. The van der Waals surface area contributed by atoms with Crippen molar-refractivity contribution in [2.45, 2.75) is 13.5 Å². The summed E-state index contributed by atoms with van der Waals surface area (Å²) >= 11 is 0. The molecule has 0 aliphatic carbocycles. The molecule has 0 aliphatic rings. The Morgan fingerprint density at radius 1 is 1.09 bits per heavy atom. The molecule has 0 saturated heterocycles. The monoisotopic (exact) mass is 317 g/mol. The number of benzene rings is 2. The summed E-state index contributed by atoms with van der Waals surface area (Å²) in [5, 5.41) is 0. The van der Waals surface area contributed by atoms with E-state index in [1.807, 2.05) is 12.1 Å². The van der Waals surface area contributed by atoms with E-state index >= 15 is 0 Å². The van der Waals surface area contributed by atoms with Crippen molar-refractivity contribution in [2.24, 2.45) is 0 Å². The fourth-order valence-corrected chi connectivity index (χ4v) is 2.24. The molecular weight excluding hydrogens is 294 g/mol. The maximum atomic E-state index is 5.27. The van der Waals surface area contributed by atoms with Crippen LogP contribution in [-0.4, -0.2) is 25.6 Å². The highest BCUT2D eigenvalue weighted by molar-refractivity contribution is 5.85. The summed E-state index contributed by atoms with van der Waals surface area (Å²) < 4.78 is 5.27. The van der Waals surface area contributed by atoms with Gasteiger partial charge in [-0.2, -0.15) is 0 Å². The van der Waals surface area contributed by atoms with Gasteiger partial charge in [-0.3, -0.25) is 4.90 Å². The predicted octanol–water partition coefficient (Wildman–Crippen LogP) is 4.65. The normalized spacial score (nSPS) is 11.2. The molecule has 0 N–H and O–H groups in total. The Morgan fingerprint density at radius 3 is 2.50 bits per heavy atom. The Balaban J connectivity index is 0.00000242. The summed E-state index contributed by atoms with van der Waals surface area (Å²) in [5.74, 6) is 0.901. The zero-order valence-electron chi connectivity index (χ0n) is 13.5. The average molecular weight is 318 g/mol. The molecule has 0 aromatic heterocycles. The molecule has 0 spiro atoms. The van der Waals surface area contributed by atoms with E-state index in [1.165, 1.54) is 16.7 Å². The van der Waals surface area contributed by atoms with Gasteiger partial charge in [-0.25, -0.2) is 0 Å². The second kappa shape index (κ2) is 9.29. The summed E-state index contributed by atoms with van der Waals surface area (Å²) in [4.78, 5) is 2.30. The van der Waals surface area contributed by atoms with Crippen molar-refractivity contribution < 1.29 is 4.74 Å². The van der Waals surface area contributed by atoms with Crippen LogP contribution in [0.2, 0.25) is 0 Å². The minimum absolute atomic E-state index is 0. The molecular formula is C19H24ClNO. The summed E-state index contributed by atoms with van der Waals surface area (Å²) in [7, 11) is 3.84. The van der Waals surface area contributed by atoms with Crippen LogP contribution >= 0.6 is 12.4 Å². The van der Waals surface area contributed by atoms with Crippen LogP contribution < -0.4 is 4.74 Å². The van der Waals surface area contributed by atoms with Gasteiger partial charge >= 0.3 is 0 Å². The molecule has 2 aromatic carbocycles. The molecule has 0 heterocycles. The van der Waals surface area contributed by atoms with Gasteiger partial charge in [0, 0.05) is 13.1 Å². The van der Waals surface area contributed by atoms with E-state index in [4.69, 9.17) is 4.74 Å². The Labute approximate surface area is 139 Å². The lowest BCUT2D eigenvalue weighted by Crippen LogP contribution is -2.17. The average Bonchev–Trinajstić information content (AvgIpc) is 2.53. The van der Waals surface area contributed by atoms with Crippen LogP contribution in [0.15, 0.2) is 60.7 Å². The van der Waals surface area contributed by atoms with Crippen molar-refractivity contribution in [3.8, 4) is 5.75 Å². The number of allylic oxidation sites excluding steroid dienone is 1. The lowest BCUT2D eigenvalue weighted by Gasteiger charge is -2.15. The molecule has 118 valence electrons. The van der Waals surface area contributed by atoms with Crippen LogP contribution in [0.4, 0.5) is 0 Å². The molecule has 0 atom stereocenters. The van der Waals surface area contributed by atoms with Crippen LogP contribution in [0, 0.1) is 0 Å². The van der Waals surface area contributed by atoms with Crippen molar-refractivity contribution in [3.05, 3.63) is 71.8 Å². The summed E-state index contributed by atoms with van der Waals surface area (Å²) in [6, 6.07) is 18.7. The SMILES string of the molecule is COc1cccc(/C(C)=C/CN(C)Cc2ccccc2)c1.Cl. The maximum absolute atomic E-state index is 5.27. The van der Waals surface area contributed by atoms with Gasteiger partial charge in [-0.15, -0.1) is 12.4 Å². The molecule has 2 rings (SSSR count). The van der Waals surface area contributed by atoms with Gasteiger partial charge in [0.2, 0.25) is 0 Å². The number of likely N-dealkylation sites (N-methyl/N-ethyl adjacent to an activating group) is 1. The molecule has 3 heteroatoms. The van der Waals surface area contributed by atoms with Gasteiger partial charge in [-0.1, -0.05) is 48.5 Å². The van der Waals surface area contributed by atoms with Gasteiger partial charge in [0.15, 0.2) is 0 Å². The summed E-state index contributed by atoms with van der Waals surface area (Å²) in [6.07, 6.45) is 2.26. The third-order valence-electron chi connectivity index (χ3n) is 3.53. The highest BCUT2D eigenvalue weighted by atomic mass is 35.5. The Morgan fingerprint density at radius 2 is 1.82 bits per heavy atom. The van der Waals surface area contributed by atoms with Crippen molar-refractivity contribution in [3.63, 3.8) is 0 Å². The first-order chi connectivity index (χ1) is 10.2. The molecule has 0 saturated carbocycles. The van der Waals surface area contributed by atoms with Crippen LogP contribution in [0.5, 0.6) is 5.75 Å². The van der Waals surface area contributed by atoms with Gasteiger partial charge in [0.25, 0.3) is 0 Å². The van der Waals surface area contributed by atoms with Crippen molar-refractivity contribution >= 4 is 18.0 Å². The van der Waals surface area contributed by atoms with E-state index in [0.717, 1.165) is 18.8 Å². The molecule has 2 aromatic rings. The van der Waals surface area contributed by atoms with E-state index in [2.05, 4.69) is 67.4 Å². The number of nitrogens with zero attached hydrogens (tertiary/aromatic N) is 1. The lowest BCUT2D eigenvalue weighted by molar-refractivity contribution is 0.363. The highest BCUT2D eigenvalue weighted by Crippen LogP contribution is 2.19. The number of methoxy groups -OCH3 is 1. The summed E-state index contributed by atoms with van der Waals surface area (Å²) in [6.45, 7) is 4.03. The van der Waals surface area contributed by atoms with E-state index < -0.39 is 0 Å². The third-order valence-corrected chi connectivity index (χ3v) is 3.53. The molecule has 2 nitrogen and oxygen atoms in total. The van der Waals surface area contributed by atoms with Crippen LogP contribution in [0.25, 0.3) is 5.57 Å². The highest BCUT2D eigenvalue weighted by Gasteiger charge is 2.01. The first-order valence-electron chi connectivity index (χ1n) is 7.22. The number of rotatable bonds is 6. The molecule has 0 amide bonds. The molecule has 0 fully saturated rings. The van der Waals surface area contributed by atoms with Crippen molar-refractivity contribution in [2.75, 3.05) is 20.7 Å². The molecule has 0 radical (unpaired) electrons.